The number of carboxylic acids is 1. The van der Waals surface area contributed by atoms with Crippen LogP contribution in [0.1, 0.15) is 121 Å². The summed E-state index contributed by atoms with van der Waals surface area (Å²) >= 11 is 0. The Morgan fingerprint density at radius 2 is 1.76 bits per heavy atom. The Hall–Kier alpha value is -1.86. The molecule has 4 fully saturated rings. The Labute approximate surface area is 306 Å². The molecular formula is C39H65N5O6S. The lowest BCUT2D eigenvalue weighted by atomic mass is 9.34. The van der Waals surface area contributed by atoms with Crippen LogP contribution in [0.3, 0.4) is 0 Å². The molecule has 3 saturated carbocycles. The second-order valence-electron chi connectivity index (χ2n) is 20.1. The summed E-state index contributed by atoms with van der Waals surface area (Å²) in [6, 6.07) is -0.455. The predicted molar refractivity (Wildman–Crippen MR) is 196 cm³/mol. The second-order valence-corrected chi connectivity index (χ2v) is 21.6. The first kappa shape index (κ1) is 38.9. The van der Waals surface area contributed by atoms with Crippen molar-refractivity contribution in [2.24, 2.45) is 73.0 Å². The summed E-state index contributed by atoms with van der Waals surface area (Å²) in [5.41, 5.74) is 5.28. The average Bonchev–Trinajstić information content (AvgIpc) is 3.50. The van der Waals surface area contributed by atoms with E-state index in [1.807, 2.05) is 6.92 Å². The summed E-state index contributed by atoms with van der Waals surface area (Å²) in [5, 5.41) is 24.7. The summed E-state index contributed by atoms with van der Waals surface area (Å²) in [5.74, 6) is -0.281. The van der Waals surface area contributed by atoms with Crippen molar-refractivity contribution in [3.8, 4) is 0 Å². The highest BCUT2D eigenvalue weighted by Gasteiger charge is 2.72. The van der Waals surface area contributed by atoms with Crippen molar-refractivity contribution in [3.05, 3.63) is 18.0 Å². The van der Waals surface area contributed by atoms with E-state index >= 15 is 0 Å². The number of nitrogens with zero attached hydrogens (tertiary/aromatic N) is 3. The molecule has 6 rings (SSSR count). The summed E-state index contributed by atoms with van der Waals surface area (Å²) < 4.78 is 41.3. The van der Waals surface area contributed by atoms with E-state index in [0.717, 1.165) is 25.7 Å². The monoisotopic (exact) mass is 731 g/mol. The van der Waals surface area contributed by atoms with Crippen LogP contribution < -0.4 is 10.9 Å². The first-order valence-electron chi connectivity index (χ1n) is 19.2. The first-order chi connectivity index (χ1) is 23.3. The molecule has 1 aromatic rings. The SMILES string of the molecule is CC(C)[C@@H](C)[C@@]1(C)CC[C@]2(C)[C@H]3CC[C@@H]4[C@@]5(C)COC[C@@]4(C3=CC[C@@]2(C)[C@@H]1C(=O)O)[C@@H](OC[C@](C)(N)C(C)(C)C)[C@H](n1cnnc1S(N)(=O)=O)C5. The van der Waals surface area contributed by atoms with Crippen LogP contribution in [0.2, 0.25) is 0 Å². The van der Waals surface area contributed by atoms with Crippen molar-refractivity contribution in [3.63, 3.8) is 0 Å². The van der Waals surface area contributed by atoms with E-state index in [-0.39, 0.29) is 51.2 Å². The van der Waals surface area contributed by atoms with Gasteiger partial charge in [0.15, 0.2) is 0 Å². The number of carbonyl (C=O) groups is 1. The van der Waals surface area contributed by atoms with Gasteiger partial charge in [-0.15, -0.1) is 10.2 Å². The van der Waals surface area contributed by atoms with Crippen molar-refractivity contribution in [2.45, 2.75) is 138 Å². The van der Waals surface area contributed by atoms with Gasteiger partial charge in [-0.25, -0.2) is 13.6 Å². The summed E-state index contributed by atoms with van der Waals surface area (Å²) in [7, 11) is -4.19. The fourth-order valence-corrected chi connectivity index (χ4v) is 12.9. The van der Waals surface area contributed by atoms with Crippen molar-refractivity contribution < 1.29 is 27.8 Å². The Bertz CT molecular complexity index is 1680. The lowest BCUT2D eigenvalue weighted by Gasteiger charge is -2.71. The fourth-order valence-electron chi connectivity index (χ4n) is 12.3. The van der Waals surface area contributed by atoms with Crippen molar-refractivity contribution in [2.75, 3.05) is 19.8 Å². The molecule has 51 heavy (non-hydrogen) atoms. The number of ether oxygens (including phenoxy) is 2. The molecule has 12 heteroatoms. The normalized spacial score (nSPS) is 42.9. The fraction of sp³-hybridized carbons (Fsp3) is 0.872. The third kappa shape index (κ3) is 5.45. The van der Waals surface area contributed by atoms with E-state index in [1.165, 1.54) is 11.9 Å². The van der Waals surface area contributed by atoms with Gasteiger partial charge in [-0.2, -0.15) is 0 Å². The third-order valence-corrected chi connectivity index (χ3v) is 17.2. The van der Waals surface area contributed by atoms with Gasteiger partial charge in [0.25, 0.3) is 15.2 Å². The minimum atomic E-state index is -4.19. The molecule has 288 valence electrons. The molecule has 0 amide bonds. The number of sulfonamides is 1. The smallest absolute Gasteiger partial charge is 0.307 e. The molecule has 1 aromatic heterocycles. The van der Waals surface area contributed by atoms with Gasteiger partial charge in [-0.05, 0) is 96.2 Å². The minimum Gasteiger partial charge on any atom is -0.481 e. The number of fused-ring (bicyclic) bond motifs is 3. The number of hydrogen-bond donors (Lipinski definition) is 3. The molecule has 5 N–H and O–H groups in total. The molecule has 5 aliphatic rings. The predicted octanol–water partition coefficient (Wildman–Crippen LogP) is 6.20. The number of allylic oxidation sites excluding steroid dienone is 1. The summed E-state index contributed by atoms with van der Waals surface area (Å²) in [4.78, 5) is 13.6. The molecule has 12 atom stereocenters. The lowest BCUT2D eigenvalue weighted by Crippen LogP contribution is -2.70. The van der Waals surface area contributed by atoms with E-state index in [2.05, 4.69) is 85.5 Å². The maximum Gasteiger partial charge on any atom is 0.307 e. The van der Waals surface area contributed by atoms with Crippen LogP contribution in [-0.2, 0) is 24.3 Å². The van der Waals surface area contributed by atoms with E-state index in [0.29, 0.717) is 32.0 Å². The topological polar surface area (TPSA) is 173 Å². The van der Waals surface area contributed by atoms with Crippen LogP contribution >= 0.6 is 0 Å². The number of nitrogens with two attached hydrogens (primary N) is 2. The van der Waals surface area contributed by atoms with Gasteiger partial charge < -0.3 is 20.3 Å². The summed E-state index contributed by atoms with van der Waals surface area (Å²) in [6.07, 6.45) is 8.27. The van der Waals surface area contributed by atoms with Crippen LogP contribution in [0.4, 0.5) is 0 Å². The van der Waals surface area contributed by atoms with Gasteiger partial charge in [0.05, 0.1) is 37.9 Å². The quantitative estimate of drug-likeness (QED) is 0.263. The number of primary sulfonamides is 1. The maximum absolute atomic E-state index is 13.6. The highest BCUT2D eigenvalue weighted by Crippen LogP contribution is 2.75. The molecular weight excluding hydrogens is 667 g/mol. The van der Waals surface area contributed by atoms with Crippen molar-refractivity contribution in [1.29, 1.82) is 0 Å². The largest absolute Gasteiger partial charge is 0.481 e. The van der Waals surface area contributed by atoms with E-state index < -0.39 is 50.4 Å². The third-order valence-electron chi connectivity index (χ3n) is 16.4. The van der Waals surface area contributed by atoms with E-state index in [1.54, 1.807) is 4.57 Å². The molecule has 2 heterocycles. The second kappa shape index (κ2) is 12.1. The first-order valence-corrected chi connectivity index (χ1v) is 20.7. The highest BCUT2D eigenvalue weighted by molar-refractivity contribution is 7.89. The van der Waals surface area contributed by atoms with Gasteiger partial charge in [-0.1, -0.05) is 80.9 Å². The van der Waals surface area contributed by atoms with Crippen LogP contribution in [0.5, 0.6) is 0 Å². The molecule has 0 aromatic carbocycles. The van der Waals surface area contributed by atoms with Gasteiger partial charge in [0.2, 0.25) is 0 Å². The Kier molecular flexibility index (Phi) is 9.20. The molecule has 1 aliphatic heterocycles. The van der Waals surface area contributed by atoms with Crippen molar-refractivity contribution in [1.82, 2.24) is 14.8 Å². The van der Waals surface area contributed by atoms with E-state index in [4.69, 9.17) is 20.3 Å². The molecule has 0 unspecified atom stereocenters. The maximum atomic E-state index is 13.6. The number of aliphatic carboxylic acids is 1. The molecule has 0 spiro atoms. The van der Waals surface area contributed by atoms with Crippen LogP contribution in [0.25, 0.3) is 0 Å². The molecule has 1 saturated heterocycles. The average molecular weight is 732 g/mol. The zero-order valence-electron chi connectivity index (χ0n) is 33.0. The zero-order chi connectivity index (χ0) is 38.0. The van der Waals surface area contributed by atoms with Gasteiger partial charge in [0, 0.05) is 11.0 Å². The Morgan fingerprint density at radius 3 is 2.35 bits per heavy atom. The minimum absolute atomic E-state index is 0.106. The van der Waals surface area contributed by atoms with Gasteiger partial charge >= 0.3 is 5.97 Å². The molecule has 11 nitrogen and oxygen atoms in total. The van der Waals surface area contributed by atoms with Crippen LogP contribution in [0, 0.1) is 62.1 Å². The summed E-state index contributed by atoms with van der Waals surface area (Å²) in [6.45, 7) is 25.3. The zero-order valence-corrected chi connectivity index (χ0v) is 33.8. The Balaban J connectivity index is 1.55. The number of hydrogen-bond acceptors (Lipinski definition) is 8. The van der Waals surface area contributed by atoms with Gasteiger partial charge in [0.1, 0.15) is 6.33 Å². The van der Waals surface area contributed by atoms with E-state index in [9.17, 15) is 18.3 Å². The number of carboxylic acid groups (broad SMARTS) is 1. The standard InChI is InChI=1S/C39H65N5O6S/c1-23(2)24(3)35(8)16-17-36(9)25-12-13-28-34(7)18-27(44-22-42-43-32(44)51(41,47)48)30(50-20-38(11,40)33(4,5)6)39(28,21-49-19-34)26(25)14-15-37(36,10)29(35)31(45)46/h14,22-25,27-30H,12-13,15-21,40H2,1-11H3,(H,45,46)(H2,41,47,48)/t24-,25+,27-,28-,29-,30+,34-,35-,36-,37+,38+,39+/m1/s1. The van der Waals surface area contributed by atoms with Crippen LogP contribution in [0.15, 0.2) is 23.1 Å². The van der Waals surface area contributed by atoms with Crippen molar-refractivity contribution >= 4 is 16.0 Å². The number of rotatable bonds is 8. The lowest BCUT2D eigenvalue weighted by molar-refractivity contribution is -0.255. The molecule has 4 aliphatic carbocycles. The molecule has 2 bridgehead atoms. The Morgan fingerprint density at radius 1 is 1.10 bits per heavy atom. The van der Waals surface area contributed by atoms with Crippen LogP contribution in [-0.4, -0.2) is 65.7 Å². The van der Waals surface area contributed by atoms with Gasteiger partial charge in [-0.3, -0.25) is 9.36 Å². The molecule has 0 radical (unpaired) electrons. The highest BCUT2D eigenvalue weighted by atomic mass is 32.2. The number of aromatic nitrogens is 3.